The van der Waals surface area contributed by atoms with E-state index in [-0.39, 0.29) is 12.1 Å². The van der Waals surface area contributed by atoms with Crippen LogP contribution in [0.15, 0.2) is 48.5 Å². The van der Waals surface area contributed by atoms with Gasteiger partial charge in [0.05, 0.1) is 11.9 Å². The van der Waals surface area contributed by atoms with E-state index < -0.39 is 40.2 Å². The van der Waals surface area contributed by atoms with Crippen molar-refractivity contribution in [1.82, 2.24) is 10.2 Å². The molecule has 2 rings (SSSR count). The van der Waals surface area contributed by atoms with E-state index in [2.05, 4.69) is 5.32 Å². The molecular weight excluding hydrogens is 433 g/mol. The van der Waals surface area contributed by atoms with Gasteiger partial charge in [0.2, 0.25) is 21.8 Å². The number of carbonyl (C=O) groups excluding carboxylic acids is 2. The summed E-state index contributed by atoms with van der Waals surface area (Å²) in [5, 5.41) is 2.66. The minimum Gasteiger partial charge on any atom is -0.355 e. The minimum absolute atomic E-state index is 0.170. The van der Waals surface area contributed by atoms with Gasteiger partial charge in [0.25, 0.3) is 0 Å². The number of benzene rings is 2. The van der Waals surface area contributed by atoms with Crippen molar-refractivity contribution in [3.05, 3.63) is 65.5 Å². The molecule has 1 N–H and O–H groups in total. The zero-order valence-electron chi connectivity index (χ0n) is 18.8. The lowest BCUT2D eigenvalue weighted by Gasteiger charge is -2.32. The van der Waals surface area contributed by atoms with Crippen LogP contribution in [0.3, 0.4) is 0 Å². The minimum atomic E-state index is -3.81. The number of rotatable bonds is 10. The Morgan fingerprint density at radius 3 is 2.19 bits per heavy atom. The Morgan fingerprint density at radius 2 is 1.62 bits per heavy atom. The van der Waals surface area contributed by atoms with Gasteiger partial charge in [-0.1, -0.05) is 43.3 Å². The van der Waals surface area contributed by atoms with Gasteiger partial charge in [0.15, 0.2) is 0 Å². The summed E-state index contributed by atoms with van der Waals surface area (Å²) < 4.78 is 40.5. The van der Waals surface area contributed by atoms with Crippen molar-refractivity contribution in [2.45, 2.75) is 39.8 Å². The van der Waals surface area contributed by atoms with Crippen LogP contribution >= 0.6 is 0 Å². The van der Waals surface area contributed by atoms with E-state index in [0.29, 0.717) is 18.7 Å². The molecule has 32 heavy (non-hydrogen) atoms. The number of anilines is 1. The van der Waals surface area contributed by atoms with Crippen LogP contribution in [0.4, 0.5) is 10.1 Å². The van der Waals surface area contributed by atoms with E-state index in [1.165, 1.54) is 30.0 Å². The SMILES string of the molecule is CCNC(=O)[C@@H](C)N(Cc1ccccc1F)C(=O)CN(c1ccccc1CC)S(C)(=O)=O. The van der Waals surface area contributed by atoms with Crippen LogP contribution in [0.2, 0.25) is 0 Å². The molecule has 0 radical (unpaired) electrons. The van der Waals surface area contributed by atoms with Crippen LogP contribution < -0.4 is 9.62 Å². The van der Waals surface area contributed by atoms with Gasteiger partial charge in [-0.05, 0) is 38.0 Å². The van der Waals surface area contributed by atoms with E-state index in [4.69, 9.17) is 0 Å². The van der Waals surface area contributed by atoms with Crippen molar-refractivity contribution in [2.24, 2.45) is 0 Å². The van der Waals surface area contributed by atoms with Crippen molar-refractivity contribution in [2.75, 3.05) is 23.7 Å². The molecule has 7 nitrogen and oxygen atoms in total. The first-order valence-electron chi connectivity index (χ1n) is 10.5. The van der Waals surface area contributed by atoms with Crippen molar-refractivity contribution < 1.29 is 22.4 Å². The Bertz CT molecular complexity index is 1060. The fraction of sp³-hybridized carbons (Fsp3) is 0.391. The molecule has 0 saturated carbocycles. The number of hydrogen-bond donors (Lipinski definition) is 1. The summed E-state index contributed by atoms with van der Waals surface area (Å²) in [7, 11) is -3.81. The highest BCUT2D eigenvalue weighted by Crippen LogP contribution is 2.24. The second-order valence-electron chi connectivity index (χ2n) is 7.44. The second-order valence-corrected chi connectivity index (χ2v) is 9.34. The average molecular weight is 464 g/mol. The standard InChI is InChI=1S/C23H30FN3O4S/c1-5-18-11-8-10-14-21(18)27(32(4,30)31)16-22(28)26(17(3)23(29)25-6-2)15-19-12-7-9-13-20(19)24/h7-14,17H,5-6,15-16H2,1-4H3,(H,25,29)/t17-/m1/s1. The molecule has 0 aromatic heterocycles. The van der Waals surface area contributed by atoms with E-state index in [9.17, 15) is 22.4 Å². The molecule has 0 aliphatic rings. The van der Waals surface area contributed by atoms with Gasteiger partial charge in [0.1, 0.15) is 18.4 Å². The monoisotopic (exact) mass is 463 g/mol. The third kappa shape index (κ3) is 6.29. The van der Waals surface area contributed by atoms with E-state index >= 15 is 0 Å². The van der Waals surface area contributed by atoms with Crippen LogP contribution in [0.5, 0.6) is 0 Å². The summed E-state index contributed by atoms with van der Waals surface area (Å²) in [4.78, 5) is 27.0. The van der Waals surface area contributed by atoms with Gasteiger partial charge in [-0.2, -0.15) is 0 Å². The molecule has 0 unspecified atom stereocenters. The topological polar surface area (TPSA) is 86.8 Å². The van der Waals surface area contributed by atoms with Gasteiger partial charge in [0, 0.05) is 18.7 Å². The van der Waals surface area contributed by atoms with Crippen LogP contribution in [0.25, 0.3) is 0 Å². The average Bonchev–Trinajstić information content (AvgIpc) is 2.75. The number of likely N-dealkylation sites (N-methyl/N-ethyl adjacent to an activating group) is 1. The highest BCUT2D eigenvalue weighted by atomic mass is 32.2. The number of halogens is 1. The molecule has 1 atom stereocenters. The van der Waals surface area contributed by atoms with E-state index in [1.807, 2.05) is 6.92 Å². The molecule has 0 spiro atoms. The number of amides is 2. The second kappa shape index (κ2) is 11.1. The molecule has 0 aliphatic carbocycles. The molecule has 0 saturated heterocycles. The van der Waals surface area contributed by atoms with Crippen LogP contribution in [-0.2, 0) is 32.6 Å². The molecule has 2 aromatic rings. The number of nitrogens with zero attached hydrogens (tertiary/aromatic N) is 2. The maximum absolute atomic E-state index is 14.3. The van der Waals surface area contributed by atoms with Crippen molar-refractivity contribution in [3.8, 4) is 0 Å². The molecule has 0 fully saturated rings. The highest BCUT2D eigenvalue weighted by molar-refractivity contribution is 7.92. The molecule has 2 aromatic carbocycles. The normalized spacial score (nSPS) is 12.2. The quantitative estimate of drug-likeness (QED) is 0.587. The number of nitrogens with one attached hydrogen (secondary N) is 1. The molecule has 174 valence electrons. The van der Waals surface area contributed by atoms with Crippen LogP contribution in [-0.4, -0.2) is 50.5 Å². The summed E-state index contributed by atoms with van der Waals surface area (Å²) in [6.45, 7) is 4.87. The fourth-order valence-electron chi connectivity index (χ4n) is 3.36. The maximum atomic E-state index is 14.3. The lowest BCUT2D eigenvalue weighted by molar-refractivity contribution is -0.139. The van der Waals surface area contributed by atoms with E-state index in [1.54, 1.807) is 37.3 Å². The third-order valence-electron chi connectivity index (χ3n) is 5.14. The number of carbonyl (C=O) groups is 2. The summed E-state index contributed by atoms with van der Waals surface area (Å²) in [5.74, 6) is -1.52. The number of sulfonamides is 1. The largest absolute Gasteiger partial charge is 0.355 e. The van der Waals surface area contributed by atoms with Crippen molar-refractivity contribution in [1.29, 1.82) is 0 Å². The first kappa shape index (κ1) is 25.3. The summed E-state index contributed by atoms with van der Waals surface area (Å²) >= 11 is 0. The van der Waals surface area contributed by atoms with Crippen LogP contribution in [0, 0.1) is 5.82 Å². The van der Waals surface area contributed by atoms with Gasteiger partial charge in [-0.25, -0.2) is 12.8 Å². The summed E-state index contributed by atoms with van der Waals surface area (Å²) in [5.41, 5.74) is 1.40. The molecule has 0 aliphatic heterocycles. The Balaban J connectivity index is 2.44. The zero-order chi connectivity index (χ0) is 23.9. The van der Waals surface area contributed by atoms with Crippen molar-refractivity contribution in [3.63, 3.8) is 0 Å². The summed E-state index contributed by atoms with van der Waals surface area (Å²) in [6, 6.07) is 12.0. The number of para-hydroxylation sites is 1. The highest BCUT2D eigenvalue weighted by Gasteiger charge is 2.30. The Hall–Kier alpha value is -2.94. The molecule has 9 heteroatoms. The van der Waals surface area contributed by atoms with Gasteiger partial charge in [-0.3, -0.25) is 13.9 Å². The number of aryl methyl sites for hydroxylation is 1. The Kier molecular flexibility index (Phi) is 8.77. The summed E-state index contributed by atoms with van der Waals surface area (Å²) in [6.07, 6.45) is 1.60. The zero-order valence-corrected chi connectivity index (χ0v) is 19.7. The van der Waals surface area contributed by atoms with Gasteiger partial charge < -0.3 is 10.2 Å². The van der Waals surface area contributed by atoms with E-state index in [0.717, 1.165) is 16.1 Å². The molecular formula is C23H30FN3O4S. The third-order valence-corrected chi connectivity index (χ3v) is 6.26. The predicted octanol–water partition coefficient (Wildman–Crippen LogP) is 2.71. The Morgan fingerprint density at radius 1 is 1.03 bits per heavy atom. The van der Waals surface area contributed by atoms with Gasteiger partial charge in [-0.15, -0.1) is 0 Å². The fourth-order valence-corrected chi connectivity index (χ4v) is 4.24. The van der Waals surface area contributed by atoms with Crippen LogP contribution in [0.1, 0.15) is 31.9 Å². The first-order valence-corrected chi connectivity index (χ1v) is 12.3. The Labute approximate surface area is 189 Å². The van der Waals surface area contributed by atoms with Gasteiger partial charge >= 0.3 is 0 Å². The lowest BCUT2D eigenvalue weighted by Crippen LogP contribution is -2.51. The first-order chi connectivity index (χ1) is 15.1. The lowest BCUT2D eigenvalue weighted by atomic mass is 10.1. The number of hydrogen-bond acceptors (Lipinski definition) is 4. The molecule has 0 bridgehead atoms. The maximum Gasteiger partial charge on any atom is 0.244 e. The predicted molar refractivity (Wildman–Crippen MR) is 123 cm³/mol. The molecule has 0 heterocycles. The molecule has 2 amide bonds. The van der Waals surface area contributed by atoms with Crippen molar-refractivity contribution >= 4 is 27.5 Å². The smallest absolute Gasteiger partial charge is 0.244 e.